The van der Waals surface area contributed by atoms with Crippen LogP contribution in [0.1, 0.15) is 56.6 Å². The first-order chi connectivity index (χ1) is 13.2. The van der Waals surface area contributed by atoms with Gasteiger partial charge in [-0.15, -0.1) is 0 Å². The first-order valence-corrected chi connectivity index (χ1v) is 11.1. The van der Waals surface area contributed by atoms with Crippen molar-refractivity contribution in [1.29, 1.82) is 0 Å². The Hall–Kier alpha value is -1.76. The van der Waals surface area contributed by atoms with E-state index in [4.69, 9.17) is 0 Å². The Bertz CT molecular complexity index is 875. The van der Waals surface area contributed by atoms with E-state index in [1.165, 1.54) is 55.5 Å². The van der Waals surface area contributed by atoms with Crippen LogP contribution >= 0.6 is 0 Å². The lowest BCUT2D eigenvalue weighted by atomic mass is 9.50. The van der Waals surface area contributed by atoms with Crippen LogP contribution in [0, 0.1) is 30.6 Å². The molecule has 7 rings (SSSR count). The van der Waals surface area contributed by atoms with Gasteiger partial charge in [0, 0.05) is 22.8 Å². The van der Waals surface area contributed by atoms with Crippen LogP contribution in [-0.2, 0) is 5.41 Å². The standard InChI is InChI=1S/C26H31N/c1-17-7-3-5-9-24(17)27-18(2)26(23-8-4-6-10-25(23)27)21-12-11-19-13-20(15-21)16-22(26)14-19/h3-10,18-22H,11-16H2,1-2H3. The van der Waals surface area contributed by atoms with Crippen LogP contribution in [0.2, 0.25) is 0 Å². The zero-order valence-electron chi connectivity index (χ0n) is 16.7. The Balaban J connectivity index is 1.58. The van der Waals surface area contributed by atoms with Gasteiger partial charge in [0.25, 0.3) is 0 Å². The van der Waals surface area contributed by atoms with Gasteiger partial charge >= 0.3 is 0 Å². The molecule has 1 aliphatic heterocycles. The molecule has 2 aromatic rings. The van der Waals surface area contributed by atoms with Crippen LogP contribution in [0.5, 0.6) is 0 Å². The summed E-state index contributed by atoms with van der Waals surface area (Å²) in [7, 11) is 0. The summed E-state index contributed by atoms with van der Waals surface area (Å²) in [4.78, 5) is 2.72. The Kier molecular flexibility index (Phi) is 3.38. The average Bonchev–Trinajstić information content (AvgIpc) is 2.75. The molecule has 0 saturated heterocycles. The quantitative estimate of drug-likeness (QED) is 0.554. The topological polar surface area (TPSA) is 3.24 Å². The van der Waals surface area contributed by atoms with Crippen molar-refractivity contribution in [3.63, 3.8) is 0 Å². The van der Waals surface area contributed by atoms with E-state index >= 15 is 0 Å². The highest BCUT2D eigenvalue weighted by Crippen LogP contribution is 2.67. The Morgan fingerprint density at radius 1 is 0.778 bits per heavy atom. The summed E-state index contributed by atoms with van der Waals surface area (Å²) < 4.78 is 0. The van der Waals surface area contributed by atoms with Gasteiger partial charge in [0.2, 0.25) is 0 Å². The predicted octanol–water partition coefficient (Wildman–Crippen LogP) is 6.62. The molecule has 4 aliphatic carbocycles. The highest BCUT2D eigenvalue weighted by atomic mass is 15.2. The monoisotopic (exact) mass is 357 g/mol. The van der Waals surface area contributed by atoms with Gasteiger partial charge in [-0.3, -0.25) is 0 Å². The number of benzene rings is 2. The molecule has 5 aliphatic rings. The fourth-order valence-corrected chi connectivity index (χ4v) is 8.10. The van der Waals surface area contributed by atoms with E-state index < -0.39 is 0 Å². The molecular weight excluding hydrogens is 326 g/mol. The SMILES string of the molecule is Cc1ccccc1N1c2ccccc2C2(C3CCC4CC(C3)CC2C4)C1C. The smallest absolute Gasteiger partial charge is 0.0452 e. The third-order valence-corrected chi connectivity index (χ3v) is 8.88. The number of anilines is 2. The number of hydrogen-bond acceptors (Lipinski definition) is 1. The number of fused-ring (bicyclic) bond motifs is 2. The van der Waals surface area contributed by atoms with E-state index in [2.05, 4.69) is 67.3 Å². The minimum atomic E-state index is 0.366. The first kappa shape index (κ1) is 16.2. The highest BCUT2D eigenvalue weighted by molar-refractivity contribution is 5.76. The zero-order valence-corrected chi connectivity index (χ0v) is 16.7. The van der Waals surface area contributed by atoms with E-state index in [9.17, 15) is 0 Å². The van der Waals surface area contributed by atoms with E-state index in [0.717, 1.165) is 23.7 Å². The Morgan fingerprint density at radius 3 is 2.33 bits per heavy atom. The van der Waals surface area contributed by atoms with E-state index in [-0.39, 0.29) is 0 Å². The van der Waals surface area contributed by atoms with Crippen molar-refractivity contribution in [3.05, 3.63) is 59.7 Å². The molecule has 6 atom stereocenters. The van der Waals surface area contributed by atoms with E-state index in [0.29, 0.717) is 11.5 Å². The maximum absolute atomic E-state index is 2.72. The summed E-state index contributed by atoms with van der Waals surface area (Å²) in [6.45, 7) is 4.83. The van der Waals surface area contributed by atoms with Gasteiger partial charge in [-0.05, 0) is 92.9 Å². The summed E-state index contributed by atoms with van der Waals surface area (Å²) >= 11 is 0. The van der Waals surface area contributed by atoms with Crippen LogP contribution < -0.4 is 4.90 Å². The summed E-state index contributed by atoms with van der Waals surface area (Å²) in [6, 6.07) is 19.0. The lowest BCUT2D eigenvalue weighted by Crippen LogP contribution is -2.55. The van der Waals surface area contributed by atoms with Crippen LogP contribution in [0.15, 0.2) is 48.5 Å². The molecule has 0 N–H and O–H groups in total. The molecule has 6 unspecified atom stereocenters. The second-order valence-electron chi connectivity index (χ2n) is 9.93. The van der Waals surface area contributed by atoms with Gasteiger partial charge in [-0.25, -0.2) is 0 Å². The van der Waals surface area contributed by atoms with Crippen LogP contribution in [0.4, 0.5) is 11.4 Å². The number of para-hydroxylation sites is 2. The van der Waals surface area contributed by atoms with Crippen molar-refractivity contribution in [3.8, 4) is 0 Å². The summed E-state index contributed by atoms with van der Waals surface area (Å²) in [5.74, 6) is 3.77. The molecule has 0 aromatic heterocycles. The minimum absolute atomic E-state index is 0.366. The van der Waals surface area contributed by atoms with Crippen LogP contribution in [0.25, 0.3) is 0 Å². The molecule has 4 saturated carbocycles. The van der Waals surface area contributed by atoms with E-state index in [1.54, 1.807) is 5.56 Å². The third kappa shape index (κ3) is 2.01. The van der Waals surface area contributed by atoms with E-state index in [1.807, 2.05) is 0 Å². The maximum atomic E-state index is 2.72. The molecule has 140 valence electrons. The maximum Gasteiger partial charge on any atom is 0.0452 e. The van der Waals surface area contributed by atoms with Gasteiger partial charge in [0.05, 0.1) is 0 Å². The second-order valence-corrected chi connectivity index (χ2v) is 9.93. The first-order valence-electron chi connectivity index (χ1n) is 11.1. The average molecular weight is 358 g/mol. The van der Waals surface area contributed by atoms with Crippen molar-refractivity contribution in [2.75, 3.05) is 4.90 Å². The highest BCUT2D eigenvalue weighted by Gasteiger charge is 2.62. The molecule has 4 fully saturated rings. The molecule has 0 radical (unpaired) electrons. The molecule has 2 aromatic carbocycles. The lowest BCUT2D eigenvalue weighted by Gasteiger charge is -2.55. The zero-order chi connectivity index (χ0) is 18.2. The second kappa shape index (κ2) is 5.63. The third-order valence-electron chi connectivity index (χ3n) is 8.88. The lowest BCUT2D eigenvalue weighted by molar-refractivity contribution is 0.0267. The van der Waals surface area contributed by atoms with Crippen molar-refractivity contribution in [2.24, 2.45) is 23.7 Å². The molecule has 1 nitrogen and oxygen atoms in total. The molecule has 27 heavy (non-hydrogen) atoms. The summed E-state index contributed by atoms with van der Waals surface area (Å²) in [5.41, 5.74) is 6.35. The van der Waals surface area contributed by atoms with Gasteiger partial charge in [-0.1, -0.05) is 42.8 Å². The normalized spacial score (nSPS) is 39.0. The van der Waals surface area contributed by atoms with Gasteiger partial charge in [-0.2, -0.15) is 0 Å². The number of hydrogen-bond donors (Lipinski definition) is 0. The summed E-state index contributed by atoms with van der Waals surface area (Å²) in [6.07, 6.45) is 8.91. The van der Waals surface area contributed by atoms with Crippen molar-refractivity contribution in [1.82, 2.24) is 0 Å². The summed E-state index contributed by atoms with van der Waals surface area (Å²) in [5, 5.41) is 0. The Morgan fingerprint density at radius 2 is 1.48 bits per heavy atom. The molecule has 1 heterocycles. The fraction of sp³-hybridized carbons (Fsp3) is 0.538. The largest absolute Gasteiger partial charge is 0.337 e. The van der Waals surface area contributed by atoms with Gasteiger partial charge in [0.15, 0.2) is 0 Å². The molecule has 0 amide bonds. The number of nitrogens with zero attached hydrogens (tertiary/aromatic N) is 1. The fourth-order valence-electron chi connectivity index (χ4n) is 8.10. The minimum Gasteiger partial charge on any atom is -0.337 e. The van der Waals surface area contributed by atoms with Crippen molar-refractivity contribution >= 4 is 11.4 Å². The van der Waals surface area contributed by atoms with Gasteiger partial charge < -0.3 is 4.90 Å². The van der Waals surface area contributed by atoms with Gasteiger partial charge in [0.1, 0.15) is 0 Å². The molecular formula is C26H31N. The van der Waals surface area contributed by atoms with Crippen LogP contribution in [-0.4, -0.2) is 6.04 Å². The Labute approximate surface area is 163 Å². The number of rotatable bonds is 1. The predicted molar refractivity (Wildman–Crippen MR) is 113 cm³/mol. The number of aryl methyl sites for hydroxylation is 1. The van der Waals surface area contributed by atoms with Crippen LogP contribution in [0.3, 0.4) is 0 Å². The molecule has 4 bridgehead atoms. The van der Waals surface area contributed by atoms with Crippen molar-refractivity contribution < 1.29 is 0 Å². The molecule has 1 heteroatoms. The van der Waals surface area contributed by atoms with Crippen molar-refractivity contribution in [2.45, 2.75) is 63.8 Å². The molecule has 1 spiro atoms.